The van der Waals surface area contributed by atoms with E-state index in [9.17, 15) is 14.4 Å². The summed E-state index contributed by atoms with van der Waals surface area (Å²) in [5.41, 5.74) is 5.16. The number of ether oxygens (including phenoxy) is 1. The minimum Gasteiger partial charge on any atom is -0.496 e. The van der Waals surface area contributed by atoms with Gasteiger partial charge in [0.05, 0.1) is 7.11 Å². The van der Waals surface area contributed by atoms with E-state index in [1.165, 1.54) is 0 Å². The second-order valence-electron chi connectivity index (χ2n) is 6.81. The highest BCUT2D eigenvalue weighted by Crippen LogP contribution is 2.24. The number of benzene rings is 1. The average Bonchev–Trinajstić information content (AvgIpc) is 2.69. The molecule has 0 saturated carbocycles. The van der Waals surface area contributed by atoms with Crippen LogP contribution in [0.25, 0.3) is 0 Å². The number of methoxy groups -OCH3 is 1. The fourth-order valence-electron chi connectivity index (χ4n) is 3.33. The van der Waals surface area contributed by atoms with Crippen molar-refractivity contribution in [1.29, 1.82) is 0 Å². The molecule has 2 aliphatic rings. The van der Waals surface area contributed by atoms with Gasteiger partial charge in [-0.15, -0.1) is 0 Å². The molecule has 0 unspecified atom stereocenters. The predicted octanol–water partition coefficient (Wildman–Crippen LogP) is 0.862. The van der Waals surface area contributed by atoms with Crippen molar-refractivity contribution in [2.45, 2.75) is 26.7 Å². The Morgan fingerprint density at radius 3 is 2.19 bits per heavy atom. The topological polar surface area (TPSA) is 91.3 Å². The standard InChI is InChI=1S/C19H24N4O4/c1-12-11-16(27-3)13(2)10-14(12)18(25)22-6-8-23(9-7-22)19(26)15-4-5-17(24)21-20-15/h10-11H,4-9H2,1-3H3,(H,21,24). The van der Waals surface area contributed by atoms with Crippen LogP contribution in [-0.2, 0) is 9.59 Å². The van der Waals surface area contributed by atoms with Crippen LogP contribution in [-0.4, -0.2) is 66.5 Å². The Hall–Kier alpha value is -2.90. The molecule has 3 rings (SSSR count). The molecule has 1 N–H and O–H groups in total. The smallest absolute Gasteiger partial charge is 0.270 e. The molecular weight excluding hydrogens is 348 g/mol. The Morgan fingerprint density at radius 1 is 1.00 bits per heavy atom. The second-order valence-corrected chi connectivity index (χ2v) is 6.81. The lowest BCUT2D eigenvalue weighted by atomic mass is 10.0. The molecule has 0 spiro atoms. The highest BCUT2D eigenvalue weighted by molar-refractivity contribution is 6.39. The highest BCUT2D eigenvalue weighted by atomic mass is 16.5. The van der Waals surface area contributed by atoms with Gasteiger partial charge in [0, 0.05) is 44.6 Å². The number of piperazine rings is 1. The van der Waals surface area contributed by atoms with Crippen LogP contribution >= 0.6 is 0 Å². The largest absolute Gasteiger partial charge is 0.496 e. The molecule has 3 amide bonds. The molecular formula is C19H24N4O4. The number of carbonyl (C=O) groups excluding carboxylic acids is 3. The molecule has 8 nitrogen and oxygen atoms in total. The van der Waals surface area contributed by atoms with Crippen molar-refractivity contribution < 1.29 is 19.1 Å². The number of carbonyl (C=O) groups is 3. The Kier molecular flexibility index (Phi) is 5.43. The van der Waals surface area contributed by atoms with Crippen molar-refractivity contribution in [2.24, 2.45) is 5.10 Å². The summed E-state index contributed by atoms with van der Waals surface area (Å²) in [5.74, 6) is 0.387. The molecule has 27 heavy (non-hydrogen) atoms. The zero-order valence-electron chi connectivity index (χ0n) is 15.9. The molecule has 2 heterocycles. The van der Waals surface area contributed by atoms with E-state index in [0.717, 1.165) is 16.9 Å². The van der Waals surface area contributed by atoms with Gasteiger partial charge in [-0.2, -0.15) is 5.10 Å². The molecule has 2 aliphatic heterocycles. The van der Waals surface area contributed by atoms with Crippen molar-refractivity contribution >= 4 is 23.4 Å². The lowest BCUT2D eigenvalue weighted by Crippen LogP contribution is -2.52. The predicted molar refractivity (Wildman–Crippen MR) is 99.8 cm³/mol. The third-order valence-electron chi connectivity index (χ3n) is 4.98. The molecule has 1 saturated heterocycles. The minimum absolute atomic E-state index is 0.0346. The first-order chi connectivity index (χ1) is 12.9. The first-order valence-corrected chi connectivity index (χ1v) is 9.00. The number of aryl methyl sites for hydroxylation is 2. The lowest BCUT2D eigenvalue weighted by molar-refractivity contribution is -0.126. The van der Waals surface area contributed by atoms with Gasteiger partial charge in [0.1, 0.15) is 11.5 Å². The molecule has 8 heteroatoms. The number of hydrazone groups is 1. The highest BCUT2D eigenvalue weighted by Gasteiger charge is 2.29. The summed E-state index contributed by atoms with van der Waals surface area (Å²) in [6, 6.07) is 3.73. The Labute approximate surface area is 158 Å². The molecule has 0 atom stereocenters. The fourth-order valence-corrected chi connectivity index (χ4v) is 3.33. The Balaban J connectivity index is 1.64. The van der Waals surface area contributed by atoms with Gasteiger partial charge in [-0.05, 0) is 37.1 Å². The van der Waals surface area contributed by atoms with Crippen LogP contribution in [0.5, 0.6) is 5.75 Å². The molecule has 144 valence electrons. The van der Waals surface area contributed by atoms with Gasteiger partial charge in [-0.25, -0.2) is 5.43 Å². The first kappa shape index (κ1) is 18.9. The van der Waals surface area contributed by atoms with E-state index in [4.69, 9.17) is 4.74 Å². The maximum atomic E-state index is 12.9. The zero-order valence-corrected chi connectivity index (χ0v) is 15.9. The van der Waals surface area contributed by atoms with Crippen LogP contribution in [0.4, 0.5) is 0 Å². The summed E-state index contributed by atoms with van der Waals surface area (Å²) in [7, 11) is 1.61. The summed E-state index contributed by atoms with van der Waals surface area (Å²) in [6.07, 6.45) is 0.632. The number of hydrogen-bond donors (Lipinski definition) is 1. The normalized spacial score (nSPS) is 17.3. The third-order valence-corrected chi connectivity index (χ3v) is 4.98. The molecule has 0 aliphatic carbocycles. The summed E-state index contributed by atoms with van der Waals surface area (Å²) < 4.78 is 5.30. The van der Waals surface area contributed by atoms with Crippen molar-refractivity contribution in [1.82, 2.24) is 15.2 Å². The van der Waals surface area contributed by atoms with Crippen LogP contribution < -0.4 is 10.2 Å². The summed E-state index contributed by atoms with van der Waals surface area (Å²) in [4.78, 5) is 40.0. The second kappa shape index (κ2) is 7.77. The van der Waals surface area contributed by atoms with E-state index in [1.807, 2.05) is 26.0 Å². The molecule has 1 aromatic carbocycles. The van der Waals surface area contributed by atoms with Gasteiger partial charge in [-0.1, -0.05) is 0 Å². The van der Waals surface area contributed by atoms with Gasteiger partial charge in [0.15, 0.2) is 0 Å². The average molecular weight is 372 g/mol. The van der Waals surface area contributed by atoms with E-state index >= 15 is 0 Å². The molecule has 0 aromatic heterocycles. The monoisotopic (exact) mass is 372 g/mol. The molecule has 0 bridgehead atoms. The Bertz CT molecular complexity index is 810. The van der Waals surface area contributed by atoms with Gasteiger partial charge in [-0.3, -0.25) is 14.4 Å². The van der Waals surface area contributed by atoms with Crippen LogP contribution in [0.2, 0.25) is 0 Å². The van der Waals surface area contributed by atoms with Crippen molar-refractivity contribution in [3.8, 4) is 5.75 Å². The number of nitrogens with zero attached hydrogens (tertiary/aromatic N) is 3. The Morgan fingerprint density at radius 2 is 1.63 bits per heavy atom. The van der Waals surface area contributed by atoms with Gasteiger partial charge in [0.25, 0.3) is 11.8 Å². The van der Waals surface area contributed by atoms with E-state index in [-0.39, 0.29) is 24.1 Å². The number of hydrogen-bond acceptors (Lipinski definition) is 5. The van der Waals surface area contributed by atoms with Gasteiger partial charge >= 0.3 is 0 Å². The quantitative estimate of drug-likeness (QED) is 0.852. The van der Waals surface area contributed by atoms with Crippen molar-refractivity contribution in [2.75, 3.05) is 33.3 Å². The van der Waals surface area contributed by atoms with Crippen LogP contribution in [0.15, 0.2) is 17.2 Å². The van der Waals surface area contributed by atoms with Crippen LogP contribution in [0.1, 0.15) is 34.3 Å². The maximum Gasteiger partial charge on any atom is 0.270 e. The van der Waals surface area contributed by atoms with Crippen molar-refractivity contribution in [3.63, 3.8) is 0 Å². The number of nitrogens with one attached hydrogen (secondary N) is 1. The lowest BCUT2D eigenvalue weighted by Gasteiger charge is -2.35. The zero-order chi connectivity index (χ0) is 19.6. The van der Waals surface area contributed by atoms with Gasteiger partial charge < -0.3 is 14.5 Å². The molecule has 1 fully saturated rings. The summed E-state index contributed by atoms with van der Waals surface area (Å²) in [6.45, 7) is 5.64. The van der Waals surface area contributed by atoms with E-state index < -0.39 is 0 Å². The SMILES string of the molecule is COc1cc(C)c(C(=O)N2CCN(C(=O)C3=NNC(=O)CC3)CC2)cc1C. The van der Waals surface area contributed by atoms with Gasteiger partial charge in [0.2, 0.25) is 5.91 Å². The summed E-state index contributed by atoms with van der Waals surface area (Å²) in [5, 5.41) is 3.86. The third kappa shape index (κ3) is 3.94. The minimum atomic E-state index is -0.174. The van der Waals surface area contributed by atoms with Crippen molar-refractivity contribution in [3.05, 3.63) is 28.8 Å². The molecule has 0 radical (unpaired) electrons. The first-order valence-electron chi connectivity index (χ1n) is 9.00. The number of rotatable bonds is 3. The van der Waals surface area contributed by atoms with Crippen LogP contribution in [0, 0.1) is 13.8 Å². The summed E-state index contributed by atoms with van der Waals surface area (Å²) >= 11 is 0. The van der Waals surface area contributed by atoms with Crippen LogP contribution in [0.3, 0.4) is 0 Å². The van der Waals surface area contributed by atoms with E-state index in [1.54, 1.807) is 16.9 Å². The maximum absolute atomic E-state index is 12.9. The molecule has 1 aromatic rings. The van der Waals surface area contributed by atoms with E-state index in [2.05, 4.69) is 10.5 Å². The number of amides is 3. The van der Waals surface area contributed by atoms with E-state index in [0.29, 0.717) is 43.9 Å². The fraction of sp³-hybridized carbons (Fsp3) is 0.474.